The lowest BCUT2D eigenvalue weighted by molar-refractivity contribution is -0.114. The summed E-state index contributed by atoms with van der Waals surface area (Å²) < 4.78 is 0. The molecule has 0 bridgehead atoms. The van der Waals surface area contributed by atoms with Crippen molar-refractivity contribution in [3.05, 3.63) is 59.0 Å². The average Bonchev–Trinajstić information content (AvgIpc) is 2.90. The summed E-state index contributed by atoms with van der Waals surface area (Å²) in [5.74, 6) is -0.549. The predicted octanol–water partition coefficient (Wildman–Crippen LogP) is 3.86. The van der Waals surface area contributed by atoms with Crippen molar-refractivity contribution in [1.82, 2.24) is 0 Å². The number of benzene rings is 2. The van der Waals surface area contributed by atoms with Crippen LogP contribution in [-0.4, -0.2) is 17.1 Å². The number of hydrogen-bond donors (Lipinski definition) is 2. The van der Waals surface area contributed by atoms with Gasteiger partial charge in [0.2, 0.25) is 5.91 Å². The van der Waals surface area contributed by atoms with Crippen LogP contribution in [0.1, 0.15) is 19.4 Å². The number of hydrogen-bond acceptors (Lipinski definition) is 5. The molecule has 1 heterocycles. The van der Waals surface area contributed by atoms with Crippen LogP contribution in [0.2, 0.25) is 0 Å². The van der Waals surface area contributed by atoms with E-state index in [0.717, 1.165) is 27.8 Å². The zero-order chi connectivity index (χ0) is 18.8. The van der Waals surface area contributed by atoms with Gasteiger partial charge in [-0.3, -0.25) is 14.4 Å². The second-order valence-electron chi connectivity index (χ2n) is 5.81. The fraction of sp³-hybridized carbons (Fsp3) is 0.105. The summed E-state index contributed by atoms with van der Waals surface area (Å²) in [6.07, 6.45) is 0. The summed E-state index contributed by atoms with van der Waals surface area (Å²) in [6, 6.07) is 13.7. The topological polar surface area (TPSA) is 92.5 Å². The molecule has 0 aliphatic carbocycles. The number of allylic oxidation sites excluding steroid dienone is 1. The van der Waals surface area contributed by atoms with Gasteiger partial charge in [0.1, 0.15) is 0 Å². The Balaban J connectivity index is 1.90. The first kappa shape index (κ1) is 17.8. The molecule has 0 spiro atoms. The van der Waals surface area contributed by atoms with Crippen molar-refractivity contribution >= 4 is 51.5 Å². The number of nitrogens with zero attached hydrogens (tertiary/aromatic N) is 1. The predicted molar refractivity (Wildman–Crippen MR) is 105 cm³/mol. The third-order valence-corrected chi connectivity index (χ3v) is 4.94. The van der Waals surface area contributed by atoms with Gasteiger partial charge < -0.3 is 11.1 Å². The number of thioether (sulfide) groups is 1. The highest BCUT2D eigenvalue weighted by atomic mass is 32.2. The number of anilines is 3. The molecule has 0 aromatic heterocycles. The molecule has 1 aliphatic rings. The van der Waals surface area contributed by atoms with Crippen molar-refractivity contribution in [3.8, 4) is 0 Å². The molecule has 0 unspecified atom stereocenters. The second-order valence-corrected chi connectivity index (χ2v) is 6.77. The molecule has 0 radical (unpaired) electrons. The van der Waals surface area contributed by atoms with Crippen LogP contribution in [0.15, 0.2) is 53.4 Å². The number of nitrogens with two attached hydrogens (primary N) is 1. The Morgan fingerprint density at radius 1 is 1.00 bits per heavy atom. The largest absolute Gasteiger partial charge is 0.399 e. The lowest BCUT2D eigenvalue weighted by atomic mass is 10.1. The minimum atomic E-state index is -0.360. The zero-order valence-electron chi connectivity index (χ0n) is 14.3. The van der Waals surface area contributed by atoms with Gasteiger partial charge in [-0.25, -0.2) is 4.90 Å². The van der Waals surface area contributed by atoms with E-state index in [4.69, 9.17) is 5.73 Å². The van der Waals surface area contributed by atoms with Gasteiger partial charge in [0.05, 0.1) is 10.6 Å². The van der Waals surface area contributed by atoms with Gasteiger partial charge in [-0.15, -0.1) is 0 Å². The van der Waals surface area contributed by atoms with E-state index < -0.39 is 0 Å². The molecule has 2 aromatic carbocycles. The molecule has 26 heavy (non-hydrogen) atoms. The molecular weight excluding hydrogens is 350 g/mol. The van der Waals surface area contributed by atoms with E-state index in [1.54, 1.807) is 36.4 Å². The SMILES string of the molecule is CC(=O)Nc1ccc(N2C(=O)S/C(=C(/C)c3ccc(N)cc3)C2=O)cc1. The monoisotopic (exact) mass is 367 g/mol. The van der Waals surface area contributed by atoms with Gasteiger partial charge in [0.15, 0.2) is 0 Å². The molecule has 3 N–H and O–H groups in total. The molecule has 0 saturated carbocycles. The summed E-state index contributed by atoms with van der Waals surface area (Å²) >= 11 is 0.915. The van der Waals surface area contributed by atoms with Gasteiger partial charge in [-0.05, 0) is 66.2 Å². The quantitative estimate of drug-likeness (QED) is 0.635. The number of rotatable bonds is 3. The number of nitrogens with one attached hydrogen (secondary N) is 1. The van der Waals surface area contributed by atoms with Crippen LogP contribution in [0.3, 0.4) is 0 Å². The summed E-state index contributed by atoms with van der Waals surface area (Å²) in [5, 5.41) is 2.29. The lowest BCUT2D eigenvalue weighted by Crippen LogP contribution is -2.27. The van der Waals surface area contributed by atoms with Gasteiger partial charge in [-0.1, -0.05) is 12.1 Å². The van der Waals surface area contributed by atoms with E-state index >= 15 is 0 Å². The number of nitrogen functional groups attached to an aromatic ring is 1. The minimum absolute atomic E-state index is 0.189. The first-order chi connectivity index (χ1) is 12.4. The third kappa shape index (κ3) is 3.48. The fourth-order valence-electron chi connectivity index (χ4n) is 2.58. The van der Waals surface area contributed by atoms with Crippen molar-refractivity contribution in [2.45, 2.75) is 13.8 Å². The molecule has 1 fully saturated rings. The van der Waals surface area contributed by atoms with E-state index in [1.807, 2.05) is 19.1 Å². The van der Waals surface area contributed by atoms with Crippen LogP contribution < -0.4 is 16.0 Å². The van der Waals surface area contributed by atoms with Crippen molar-refractivity contribution in [2.24, 2.45) is 0 Å². The highest BCUT2D eigenvalue weighted by Crippen LogP contribution is 2.39. The molecule has 1 aliphatic heterocycles. The Hall–Kier alpha value is -3.06. The average molecular weight is 367 g/mol. The van der Waals surface area contributed by atoms with Crippen LogP contribution >= 0.6 is 11.8 Å². The number of carbonyl (C=O) groups excluding carboxylic acids is 3. The molecule has 6 nitrogen and oxygen atoms in total. The summed E-state index contributed by atoms with van der Waals surface area (Å²) in [5.41, 5.74) is 8.95. The summed E-state index contributed by atoms with van der Waals surface area (Å²) in [7, 11) is 0. The molecule has 2 aromatic rings. The maximum absolute atomic E-state index is 12.8. The van der Waals surface area contributed by atoms with Gasteiger partial charge in [0.25, 0.3) is 11.1 Å². The summed E-state index contributed by atoms with van der Waals surface area (Å²) in [4.78, 5) is 37.8. The lowest BCUT2D eigenvalue weighted by Gasteiger charge is -2.13. The van der Waals surface area contributed by atoms with E-state index in [2.05, 4.69) is 5.32 Å². The Kier molecular flexibility index (Phi) is 4.81. The maximum Gasteiger partial charge on any atom is 0.298 e. The van der Waals surface area contributed by atoms with Crippen LogP contribution in [0.5, 0.6) is 0 Å². The van der Waals surface area contributed by atoms with Gasteiger partial charge >= 0.3 is 0 Å². The molecule has 7 heteroatoms. The van der Waals surface area contributed by atoms with E-state index in [-0.39, 0.29) is 17.1 Å². The Bertz CT molecular complexity index is 918. The third-order valence-electron chi connectivity index (χ3n) is 3.90. The smallest absolute Gasteiger partial charge is 0.298 e. The van der Waals surface area contributed by atoms with E-state index in [0.29, 0.717) is 22.0 Å². The number of imide groups is 1. The van der Waals surface area contributed by atoms with Crippen LogP contribution in [0.25, 0.3) is 5.57 Å². The fourth-order valence-corrected chi connectivity index (χ4v) is 3.49. The highest BCUT2D eigenvalue weighted by molar-refractivity contribution is 8.19. The highest BCUT2D eigenvalue weighted by Gasteiger charge is 2.37. The van der Waals surface area contributed by atoms with Crippen molar-refractivity contribution in [1.29, 1.82) is 0 Å². The van der Waals surface area contributed by atoms with E-state index in [1.165, 1.54) is 6.92 Å². The maximum atomic E-state index is 12.8. The molecule has 3 amide bonds. The van der Waals surface area contributed by atoms with E-state index in [9.17, 15) is 14.4 Å². The molecule has 0 atom stereocenters. The second kappa shape index (κ2) is 7.05. The molecule has 3 rings (SSSR count). The standard InChI is InChI=1S/C19H17N3O3S/c1-11(13-3-5-14(20)6-4-13)17-18(24)22(19(25)26-17)16-9-7-15(8-10-16)21-12(2)23/h3-10H,20H2,1-2H3,(H,21,23)/b17-11-. The zero-order valence-corrected chi connectivity index (χ0v) is 15.1. The van der Waals surface area contributed by atoms with Crippen LogP contribution in [0.4, 0.5) is 21.9 Å². The first-order valence-corrected chi connectivity index (χ1v) is 8.69. The number of amides is 3. The molecule has 1 saturated heterocycles. The molecular formula is C19H17N3O3S. The van der Waals surface area contributed by atoms with Crippen LogP contribution in [0, 0.1) is 0 Å². The normalized spacial score (nSPS) is 16.0. The Morgan fingerprint density at radius 2 is 1.62 bits per heavy atom. The molecule has 132 valence electrons. The van der Waals surface area contributed by atoms with Gasteiger partial charge in [0, 0.05) is 18.3 Å². The van der Waals surface area contributed by atoms with Gasteiger partial charge in [-0.2, -0.15) is 0 Å². The van der Waals surface area contributed by atoms with Crippen molar-refractivity contribution in [3.63, 3.8) is 0 Å². The van der Waals surface area contributed by atoms with Crippen LogP contribution in [-0.2, 0) is 9.59 Å². The Morgan fingerprint density at radius 3 is 2.19 bits per heavy atom. The number of carbonyl (C=O) groups is 3. The summed E-state index contributed by atoms with van der Waals surface area (Å²) in [6.45, 7) is 3.22. The Labute approximate surface area is 155 Å². The minimum Gasteiger partial charge on any atom is -0.399 e. The van der Waals surface area contributed by atoms with Crippen molar-refractivity contribution < 1.29 is 14.4 Å². The van der Waals surface area contributed by atoms with Crippen molar-refractivity contribution in [2.75, 3.05) is 16.0 Å². The first-order valence-electron chi connectivity index (χ1n) is 7.87.